The fraction of sp³-hybridized carbons (Fsp3) is 0.500. The van der Waals surface area contributed by atoms with Crippen molar-refractivity contribution < 1.29 is 0 Å². The summed E-state index contributed by atoms with van der Waals surface area (Å²) in [5.74, 6) is 3.02. The predicted molar refractivity (Wildman–Crippen MR) is 32.3 cm³/mol. The van der Waals surface area contributed by atoms with E-state index >= 15 is 0 Å². The zero-order valence-electron chi connectivity index (χ0n) is 4.72. The van der Waals surface area contributed by atoms with Crippen LogP contribution in [0.15, 0.2) is 23.8 Å². The van der Waals surface area contributed by atoms with E-state index in [1.54, 1.807) is 5.57 Å². The monoisotopic (exact) mass is 104 g/mol. The van der Waals surface area contributed by atoms with Crippen LogP contribution >= 0.6 is 0 Å². The minimum Gasteiger partial charge on any atom is -0.0955 e. The molecular formula is C8H8. The Morgan fingerprint density at radius 3 is 2.62 bits per heavy atom. The summed E-state index contributed by atoms with van der Waals surface area (Å²) in [7, 11) is 0. The fourth-order valence-corrected chi connectivity index (χ4v) is 2.38. The maximum Gasteiger partial charge on any atom is -0.00618 e. The number of rotatable bonds is 0. The van der Waals surface area contributed by atoms with Crippen LogP contribution in [0.1, 0.15) is 6.42 Å². The minimum absolute atomic E-state index is 0.935. The second-order valence-electron chi connectivity index (χ2n) is 3.21. The van der Waals surface area contributed by atoms with Crippen LogP contribution < -0.4 is 0 Å². The van der Waals surface area contributed by atoms with Crippen molar-refractivity contribution in [1.82, 2.24) is 0 Å². The van der Waals surface area contributed by atoms with Gasteiger partial charge in [0.15, 0.2) is 0 Å². The van der Waals surface area contributed by atoms with E-state index in [1.165, 1.54) is 12.0 Å². The molecule has 0 spiro atoms. The van der Waals surface area contributed by atoms with Gasteiger partial charge >= 0.3 is 0 Å². The third-order valence-corrected chi connectivity index (χ3v) is 2.87. The normalized spacial score (nSPS) is 54.8. The molecule has 3 rings (SSSR count). The molecule has 0 aromatic heterocycles. The Balaban J connectivity index is 2.26. The van der Waals surface area contributed by atoms with Gasteiger partial charge in [0.05, 0.1) is 0 Å². The highest BCUT2D eigenvalue weighted by molar-refractivity contribution is 5.51. The van der Waals surface area contributed by atoms with Crippen LogP contribution in [0.3, 0.4) is 0 Å². The molecule has 8 heavy (non-hydrogen) atoms. The van der Waals surface area contributed by atoms with Crippen molar-refractivity contribution in [2.45, 2.75) is 6.42 Å². The van der Waals surface area contributed by atoms with Crippen molar-refractivity contribution in [3.8, 4) is 0 Å². The lowest BCUT2D eigenvalue weighted by Gasteiger charge is -2.14. The Labute approximate surface area is 48.9 Å². The number of allylic oxidation sites excluding steroid dienone is 3. The van der Waals surface area contributed by atoms with Gasteiger partial charge in [0.25, 0.3) is 0 Å². The summed E-state index contributed by atoms with van der Waals surface area (Å²) in [6.45, 7) is 3.98. The van der Waals surface area contributed by atoms with Gasteiger partial charge in [-0.3, -0.25) is 0 Å². The van der Waals surface area contributed by atoms with E-state index in [0.29, 0.717) is 0 Å². The average Bonchev–Trinajstić information content (AvgIpc) is 2.20. The Bertz CT molecular complexity index is 210. The standard InChI is InChI=1S/C8H8/c1-4-2-5-3-6-7(4)8(5)6/h2,6-8H,1,3H2/t6?,7?,8-/m0/s1. The lowest BCUT2D eigenvalue weighted by Crippen LogP contribution is -2.02. The molecule has 0 heteroatoms. The van der Waals surface area contributed by atoms with E-state index in [0.717, 1.165) is 17.8 Å². The van der Waals surface area contributed by atoms with Crippen molar-refractivity contribution in [3.63, 3.8) is 0 Å². The molecule has 0 amide bonds. The lowest BCUT2D eigenvalue weighted by atomic mass is 9.91. The van der Waals surface area contributed by atoms with E-state index in [-0.39, 0.29) is 0 Å². The first-order valence-corrected chi connectivity index (χ1v) is 3.27. The van der Waals surface area contributed by atoms with Crippen molar-refractivity contribution in [1.29, 1.82) is 0 Å². The van der Waals surface area contributed by atoms with Crippen LogP contribution in [-0.2, 0) is 0 Å². The van der Waals surface area contributed by atoms with Crippen LogP contribution in [0.2, 0.25) is 0 Å². The van der Waals surface area contributed by atoms with Crippen molar-refractivity contribution in [2.75, 3.05) is 0 Å². The van der Waals surface area contributed by atoms with Crippen LogP contribution in [-0.4, -0.2) is 0 Å². The molecule has 3 aliphatic rings. The topological polar surface area (TPSA) is 0 Å². The molecule has 3 aliphatic carbocycles. The van der Waals surface area contributed by atoms with Crippen molar-refractivity contribution >= 4 is 0 Å². The van der Waals surface area contributed by atoms with Gasteiger partial charge in [0.2, 0.25) is 0 Å². The van der Waals surface area contributed by atoms with Gasteiger partial charge in [0, 0.05) is 0 Å². The quantitative estimate of drug-likeness (QED) is 0.439. The van der Waals surface area contributed by atoms with Gasteiger partial charge < -0.3 is 0 Å². The molecule has 0 radical (unpaired) electrons. The van der Waals surface area contributed by atoms with Crippen LogP contribution in [0, 0.1) is 17.8 Å². The van der Waals surface area contributed by atoms with E-state index < -0.39 is 0 Å². The van der Waals surface area contributed by atoms with Gasteiger partial charge in [-0.25, -0.2) is 0 Å². The van der Waals surface area contributed by atoms with Crippen molar-refractivity contribution in [3.05, 3.63) is 23.8 Å². The van der Waals surface area contributed by atoms with E-state index in [2.05, 4.69) is 12.7 Å². The Hall–Kier alpha value is -0.520. The van der Waals surface area contributed by atoms with Crippen LogP contribution in [0.5, 0.6) is 0 Å². The molecule has 0 aromatic carbocycles. The molecule has 0 saturated heterocycles. The van der Waals surface area contributed by atoms with E-state index in [1.807, 2.05) is 0 Å². The second kappa shape index (κ2) is 0.717. The summed E-state index contributed by atoms with van der Waals surface area (Å²) >= 11 is 0. The molecule has 0 aliphatic heterocycles. The van der Waals surface area contributed by atoms with Gasteiger partial charge in [-0.05, 0) is 24.2 Å². The summed E-state index contributed by atoms with van der Waals surface area (Å²) in [5.41, 5.74) is 3.12. The molecule has 0 nitrogen and oxygen atoms in total. The summed E-state index contributed by atoms with van der Waals surface area (Å²) in [5, 5.41) is 0. The first kappa shape index (κ1) is 3.49. The molecule has 2 unspecified atom stereocenters. The van der Waals surface area contributed by atoms with Gasteiger partial charge in [-0.2, -0.15) is 0 Å². The smallest absolute Gasteiger partial charge is 0.00618 e. The zero-order chi connectivity index (χ0) is 5.30. The highest BCUT2D eigenvalue weighted by Gasteiger charge is 2.63. The van der Waals surface area contributed by atoms with Gasteiger partial charge in [-0.15, -0.1) is 0 Å². The summed E-state index contributed by atoms with van der Waals surface area (Å²) < 4.78 is 0. The van der Waals surface area contributed by atoms with Crippen LogP contribution in [0.25, 0.3) is 0 Å². The molecular weight excluding hydrogens is 96.1 g/mol. The molecule has 0 heterocycles. The fourth-order valence-electron chi connectivity index (χ4n) is 2.38. The first-order valence-electron chi connectivity index (χ1n) is 3.27. The Morgan fingerprint density at radius 2 is 2.38 bits per heavy atom. The maximum atomic E-state index is 3.98. The largest absolute Gasteiger partial charge is 0.0955 e. The number of hydrogen-bond donors (Lipinski definition) is 0. The molecule has 2 saturated carbocycles. The van der Waals surface area contributed by atoms with Gasteiger partial charge in [-0.1, -0.05) is 23.8 Å². The Kier molecular flexibility index (Phi) is 0.313. The predicted octanol–water partition coefficient (Wildman–Crippen LogP) is 1.75. The summed E-state index contributed by atoms with van der Waals surface area (Å²) in [6, 6.07) is 0. The molecule has 3 atom stereocenters. The number of hydrogen-bond acceptors (Lipinski definition) is 0. The zero-order valence-corrected chi connectivity index (χ0v) is 4.72. The highest BCUT2D eigenvalue weighted by atomic mass is 14.7. The molecule has 40 valence electrons. The summed E-state index contributed by atoms with van der Waals surface area (Å²) in [4.78, 5) is 0. The number of fused-ring (bicyclic) bond motifs is 1. The second-order valence-corrected chi connectivity index (χ2v) is 3.21. The van der Waals surface area contributed by atoms with Gasteiger partial charge in [0.1, 0.15) is 0 Å². The van der Waals surface area contributed by atoms with E-state index in [9.17, 15) is 0 Å². The highest BCUT2D eigenvalue weighted by Crippen LogP contribution is 2.71. The maximum absolute atomic E-state index is 3.98. The SMILES string of the molecule is C=C1C=C2CC3C1[C@@H]23. The third kappa shape index (κ3) is 0.169. The Morgan fingerprint density at radius 1 is 1.50 bits per heavy atom. The average molecular weight is 104 g/mol. The minimum atomic E-state index is 0.935. The molecule has 0 bridgehead atoms. The third-order valence-electron chi connectivity index (χ3n) is 2.87. The van der Waals surface area contributed by atoms with Crippen LogP contribution in [0.4, 0.5) is 0 Å². The molecule has 0 N–H and O–H groups in total. The first-order chi connectivity index (χ1) is 3.88. The van der Waals surface area contributed by atoms with E-state index in [4.69, 9.17) is 0 Å². The summed E-state index contributed by atoms with van der Waals surface area (Å²) in [6.07, 6.45) is 3.71. The molecule has 0 aromatic rings. The molecule has 2 fully saturated rings. The lowest BCUT2D eigenvalue weighted by molar-refractivity contribution is 0.611. The van der Waals surface area contributed by atoms with Crippen molar-refractivity contribution in [2.24, 2.45) is 17.8 Å².